The number of nitrogens with zero attached hydrogens (tertiary/aromatic N) is 8. The van der Waals surface area contributed by atoms with Crippen molar-refractivity contribution in [2.24, 2.45) is 0 Å². The summed E-state index contributed by atoms with van der Waals surface area (Å²) in [6.45, 7) is 1.45. The Balaban J connectivity index is 1.37. The molecule has 4 aromatic heterocycles. The number of pyridine rings is 2. The van der Waals surface area contributed by atoms with E-state index in [4.69, 9.17) is 5.26 Å². The Hall–Kier alpha value is -3.88. The third-order valence-corrected chi connectivity index (χ3v) is 6.12. The number of piperidine rings is 1. The fourth-order valence-electron chi connectivity index (χ4n) is 4.14. The first kappa shape index (κ1) is 19.8. The summed E-state index contributed by atoms with van der Waals surface area (Å²) < 4.78 is 3.40. The standard InChI is InChI=1S/C22H22N10O/c23-7-13-5-14-9-27-32(22(14)26-8-13)21-6-17(28-15-1-2-15)16(10-25-21)18-12-31(30-29-18)19-11-24-4-3-20(19)33/h5-6,8-10,12,15,19-20,24,33H,1-4,11H2,(H,25,28). The molecule has 2 fully saturated rings. The van der Waals surface area contributed by atoms with E-state index < -0.39 is 6.10 Å². The molecular weight excluding hydrogens is 420 g/mol. The number of aliphatic hydroxyl groups excluding tert-OH is 1. The monoisotopic (exact) mass is 442 g/mol. The Bertz CT molecular complexity index is 1370. The predicted octanol–water partition coefficient (Wildman–Crippen LogP) is 1.42. The molecule has 1 aliphatic carbocycles. The van der Waals surface area contributed by atoms with Gasteiger partial charge in [0.2, 0.25) is 0 Å². The largest absolute Gasteiger partial charge is 0.391 e. The average Bonchev–Trinajstić information content (AvgIpc) is 3.35. The summed E-state index contributed by atoms with van der Waals surface area (Å²) in [5.74, 6) is 0.619. The zero-order chi connectivity index (χ0) is 22.4. The molecule has 0 aromatic carbocycles. The third-order valence-electron chi connectivity index (χ3n) is 6.12. The number of anilines is 1. The van der Waals surface area contributed by atoms with Crippen LogP contribution in [0.15, 0.2) is 36.9 Å². The van der Waals surface area contributed by atoms with Crippen LogP contribution in [0.5, 0.6) is 0 Å². The second-order valence-electron chi connectivity index (χ2n) is 8.52. The lowest BCUT2D eigenvalue weighted by atomic mass is 10.0. The molecule has 33 heavy (non-hydrogen) atoms. The lowest BCUT2D eigenvalue weighted by Gasteiger charge is -2.27. The number of nitrogens with one attached hydrogen (secondary N) is 2. The van der Waals surface area contributed by atoms with Crippen LogP contribution in [0.3, 0.4) is 0 Å². The van der Waals surface area contributed by atoms with E-state index in [1.807, 2.05) is 12.3 Å². The number of rotatable bonds is 5. The average molecular weight is 442 g/mol. The molecule has 1 saturated heterocycles. The number of hydrogen-bond acceptors (Lipinski definition) is 9. The number of aromatic nitrogens is 7. The Labute approximate surface area is 189 Å². The molecule has 2 aliphatic rings. The first-order valence-corrected chi connectivity index (χ1v) is 11.0. The van der Waals surface area contributed by atoms with Gasteiger partial charge in [-0.05, 0) is 31.9 Å². The van der Waals surface area contributed by atoms with Crippen LogP contribution in [-0.4, -0.2) is 65.1 Å². The normalized spacial score (nSPS) is 20.6. The molecule has 11 nitrogen and oxygen atoms in total. The molecule has 11 heteroatoms. The van der Waals surface area contributed by atoms with E-state index in [9.17, 15) is 5.11 Å². The van der Waals surface area contributed by atoms with Gasteiger partial charge in [-0.25, -0.2) is 14.6 Å². The SMILES string of the molecule is N#Cc1cnc2c(cnn2-c2cc(NC3CC3)c(-c3cn(C4CNCCC4O)nn3)cn2)c1. The van der Waals surface area contributed by atoms with Crippen LogP contribution in [0.25, 0.3) is 28.1 Å². The zero-order valence-electron chi connectivity index (χ0n) is 17.8. The van der Waals surface area contributed by atoms with Gasteiger partial charge in [0.05, 0.1) is 30.1 Å². The summed E-state index contributed by atoms with van der Waals surface area (Å²) in [4.78, 5) is 9.03. The number of hydrogen-bond donors (Lipinski definition) is 3. The van der Waals surface area contributed by atoms with Gasteiger partial charge in [0.1, 0.15) is 11.8 Å². The number of nitriles is 1. The van der Waals surface area contributed by atoms with Gasteiger partial charge in [0, 0.05) is 47.7 Å². The molecule has 0 spiro atoms. The summed E-state index contributed by atoms with van der Waals surface area (Å²) in [7, 11) is 0. The van der Waals surface area contributed by atoms with Crippen LogP contribution in [0.4, 0.5) is 5.69 Å². The van der Waals surface area contributed by atoms with Crippen LogP contribution in [-0.2, 0) is 0 Å². The maximum atomic E-state index is 10.4. The molecule has 3 N–H and O–H groups in total. The van der Waals surface area contributed by atoms with Gasteiger partial charge in [-0.3, -0.25) is 0 Å². The zero-order valence-corrected chi connectivity index (χ0v) is 17.8. The van der Waals surface area contributed by atoms with Crippen molar-refractivity contribution >= 4 is 16.7 Å². The summed E-state index contributed by atoms with van der Waals surface area (Å²) in [6.07, 6.45) is 9.32. The van der Waals surface area contributed by atoms with E-state index in [0.29, 0.717) is 41.7 Å². The highest BCUT2D eigenvalue weighted by molar-refractivity contribution is 5.79. The van der Waals surface area contributed by atoms with Gasteiger partial charge in [-0.15, -0.1) is 5.10 Å². The van der Waals surface area contributed by atoms with E-state index in [2.05, 4.69) is 42.1 Å². The van der Waals surface area contributed by atoms with Crippen molar-refractivity contribution in [3.63, 3.8) is 0 Å². The van der Waals surface area contributed by atoms with Crippen molar-refractivity contribution in [3.8, 4) is 23.1 Å². The Morgan fingerprint density at radius 3 is 2.88 bits per heavy atom. The smallest absolute Gasteiger partial charge is 0.164 e. The van der Waals surface area contributed by atoms with Gasteiger partial charge in [0.15, 0.2) is 11.5 Å². The van der Waals surface area contributed by atoms with Crippen LogP contribution >= 0.6 is 0 Å². The first-order chi connectivity index (χ1) is 16.2. The molecule has 2 atom stereocenters. The molecule has 5 heterocycles. The lowest BCUT2D eigenvalue weighted by molar-refractivity contribution is 0.0773. The second-order valence-corrected chi connectivity index (χ2v) is 8.52. The van der Waals surface area contributed by atoms with E-state index >= 15 is 0 Å². The highest BCUT2D eigenvalue weighted by Crippen LogP contribution is 2.33. The highest BCUT2D eigenvalue weighted by Gasteiger charge is 2.27. The van der Waals surface area contributed by atoms with Crippen LogP contribution < -0.4 is 10.6 Å². The molecular formula is C22H22N10O. The van der Waals surface area contributed by atoms with Gasteiger partial charge in [0.25, 0.3) is 0 Å². The molecule has 2 unspecified atom stereocenters. The van der Waals surface area contributed by atoms with E-state index in [1.54, 1.807) is 27.8 Å². The molecule has 0 radical (unpaired) electrons. The summed E-state index contributed by atoms with van der Waals surface area (Å²) in [5.41, 5.74) is 3.55. The molecule has 0 bridgehead atoms. The summed E-state index contributed by atoms with van der Waals surface area (Å²) in [5, 5.41) is 40.2. The van der Waals surface area contributed by atoms with Crippen molar-refractivity contribution in [1.82, 2.24) is 40.1 Å². The van der Waals surface area contributed by atoms with Crippen molar-refractivity contribution < 1.29 is 5.11 Å². The number of fused-ring (bicyclic) bond motifs is 1. The fraction of sp³-hybridized carbons (Fsp3) is 0.364. The molecule has 4 aromatic rings. The summed E-state index contributed by atoms with van der Waals surface area (Å²) >= 11 is 0. The molecule has 0 amide bonds. The molecule has 6 rings (SSSR count). The Morgan fingerprint density at radius 2 is 2.06 bits per heavy atom. The molecule has 166 valence electrons. The maximum Gasteiger partial charge on any atom is 0.164 e. The maximum absolute atomic E-state index is 10.4. The van der Waals surface area contributed by atoms with Crippen LogP contribution in [0, 0.1) is 11.3 Å². The Morgan fingerprint density at radius 1 is 1.15 bits per heavy atom. The van der Waals surface area contributed by atoms with Gasteiger partial charge in [-0.1, -0.05) is 5.21 Å². The second kappa shape index (κ2) is 7.91. The van der Waals surface area contributed by atoms with E-state index in [1.165, 1.54) is 6.20 Å². The minimum Gasteiger partial charge on any atom is -0.391 e. The predicted molar refractivity (Wildman–Crippen MR) is 120 cm³/mol. The minimum atomic E-state index is -0.451. The molecule has 1 aliphatic heterocycles. The van der Waals surface area contributed by atoms with Gasteiger partial charge < -0.3 is 15.7 Å². The van der Waals surface area contributed by atoms with Crippen molar-refractivity contribution in [1.29, 1.82) is 5.26 Å². The van der Waals surface area contributed by atoms with Crippen molar-refractivity contribution in [2.75, 3.05) is 18.4 Å². The Kier molecular flexibility index (Phi) is 4.74. The summed E-state index contributed by atoms with van der Waals surface area (Å²) in [6, 6.07) is 6.07. The van der Waals surface area contributed by atoms with Crippen molar-refractivity contribution in [2.45, 2.75) is 37.5 Å². The topological polar surface area (TPSA) is 142 Å². The van der Waals surface area contributed by atoms with E-state index in [0.717, 1.165) is 36.0 Å². The highest BCUT2D eigenvalue weighted by atomic mass is 16.3. The number of aliphatic hydroxyl groups is 1. The van der Waals surface area contributed by atoms with Gasteiger partial charge >= 0.3 is 0 Å². The molecule has 1 saturated carbocycles. The quantitative estimate of drug-likeness (QED) is 0.418. The third kappa shape index (κ3) is 3.69. The fourth-order valence-corrected chi connectivity index (χ4v) is 4.14. The van der Waals surface area contributed by atoms with Crippen LogP contribution in [0.2, 0.25) is 0 Å². The van der Waals surface area contributed by atoms with E-state index in [-0.39, 0.29) is 6.04 Å². The minimum absolute atomic E-state index is 0.146. The van der Waals surface area contributed by atoms with Gasteiger partial charge in [-0.2, -0.15) is 15.0 Å². The van der Waals surface area contributed by atoms with Crippen LogP contribution in [0.1, 0.15) is 30.9 Å². The lowest BCUT2D eigenvalue weighted by Crippen LogP contribution is -2.41. The first-order valence-electron chi connectivity index (χ1n) is 11.0. The van der Waals surface area contributed by atoms with Crippen molar-refractivity contribution in [3.05, 3.63) is 42.5 Å².